The van der Waals surface area contributed by atoms with Gasteiger partial charge in [0.15, 0.2) is 0 Å². The molecule has 5 nitrogen and oxygen atoms in total. The molecular weight excluding hydrogens is 184 g/mol. The second-order valence-corrected chi connectivity index (χ2v) is 3.37. The minimum Gasteiger partial charge on any atom is -0.412 e. The highest BCUT2D eigenvalue weighted by atomic mass is 16.2. The average Bonchev–Trinajstić information content (AvgIpc) is 2.67. The number of amides is 2. The maximum Gasteiger partial charge on any atom is 0.222 e. The van der Waals surface area contributed by atoms with E-state index in [1.807, 2.05) is 7.05 Å². The van der Waals surface area contributed by atoms with Gasteiger partial charge in [-0.05, 0) is 12.8 Å². The molecule has 2 saturated heterocycles. The van der Waals surface area contributed by atoms with Gasteiger partial charge in [0, 0.05) is 33.0 Å². The third-order valence-corrected chi connectivity index (χ3v) is 2.21. The van der Waals surface area contributed by atoms with Crippen molar-refractivity contribution in [3.63, 3.8) is 0 Å². The highest BCUT2D eigenvalue weighted by molar-refractivity contribution is 5.77. The first-order valence-corrected chi connectivity index (χ1v) is 4.71. The van der Waals surface area contributed by atoms with Crippen molar-refractivity contribution in [1.82, 2.24) is 10.2 Å². The van der Waals surface area contributed by atoms with Crippen molar-refractivity contribution >= 4 is 11.8 Å². The Labute approximate surface area is 83.8 Å². The fourth-order valence-electron chi connectivity index (χ4n) is 1.35. The van der Waals surface area contributed by atoms with Crippen LogP contribution in [0.2, 0.25) is 0 Å². The predicted molar refractivity (Wildman–Crippen MR) is 52.7 cm³/mol. The van der Waals surface area contributed by atoms with Crippen LogP contribution < -0.4 is 5.32 Å². The lowest BCUT2D eigenvalue weighted by atomic mass is 10.4. The third-order valence-electron chi connectivity index (χ3n) is 2.21. The van der Waals surface area contributed by atoms with Gasteiger partial charge in [-0.2, -0.15) is 0 Å². The van der Waals surface area contributed by atoms with Crippen LogP contribution in [0.5, 0.6) is 0 Å². The molecule has 3 N–H and O–H groups in total. The van der Waals surface area contributed by atoms with Crippen molar-refractivity contribution in [2.24, 2.45) is 0 Å². The zero-order chi connectivity index (χ0) is 9.68. The van der Waals surface area contributed by atoms with Gasteiger partial charge < -0.3 is 15.7 Å². The van der Waals surface area contributed by atoms with Crippen LogP contribution in [0.4, 0.5) is 0 Å². The second kappa shape index (κ2) is 6.37. The summed E-state index contributed by atoms with van der Waals surface area (Å²) in [7, 11) is 1.84. The molecule has 2 heterocycles. The van der Waals surface area contributed by atoms with E-state index < -0.39 is 0 Å². The first-order valence-electron chi connectivity index (χ1n) is 4.71. The molecule has 0 radical (unpaired) electrons. The molecule has 0 saturated carbocycles. The van der Waals surface area contributed by atoms with E-state index in [9.17, 15) is 9.59 Å². The van der Waals surface area contributed by atoms with Crippen LogP contribution in [0.15, 0.2) is 0 Å². The summed E-state index contributed by atoms with van der Waals surface area (Å²) in [5, 5.41) is 2.68. The van der Waals surface area contributed by atoms with E-state index in [2.05, 4.69) is 5.32 Å². The fourth-order valence-corrected chi connectivity index (χ4v) is 1.35. The molecule has 0 aliphatic carbocycles. The summed E-state index contributed by atoms with van der Waals surface area (Å²) >= 11 is 0. The van der Waals surface area contributed by atoms with E-state index in [-0.39, 0.29) is 11.4 Å². The minimum atomic E-state index is 0. The van der Waals surface area contributed by atoms with Crippen molar-refractivity contribution in [3.8, 4) is 0 Å². The summed E-state index contributed by atoms with van der Waals surface area (Å²) < 4.78 is 0. The molecule has 0 atom stereocenters. The molecule has 2 aliphatic heterocycles. The molecule has 14 heavy (non-hydrogen) atoms. The number of nitrogens with zero attached hydrogens (tertiary/aromatic N) is 1. The van der Waals surface area contributed by atoms with Crippen LogP contribution in [0.25, 0.3) is 0 Å². The molecule has 0 aromatic carbocycles. The summed E-state index contributed by atoms with van der Waals surface area (Å²) in [6, 6.07) is 0. The molecule has 0 spiro atoms. The monoisotopic (exact) mass is 202 g/mol. The number of nitrogens with one attached hydrogen (secondary N) is 1. The van der Waals surface area contributed by atoms with E-state index in [1.54, 1.807) is 4.90 Å². The Hall–Kier alpha value is -1.10. The molecule has 2 fully saturated rings. The smallest absolute Gasteiger partial charge is 0.222 e. The van der Waals surface area contributed by atoms with E-state index >= 15 is 0 Å². The van der Waals surface area contributed by atoms with Crippen LogP contribution >= 0.6 is 0 Å². The van der Waals surface area contributed by atoms with Crippen molar-refractivity contribution in [3.05, 3.63) is 0 Å². The molecule has 0 bridgehead atoms. The predicted octanol–water partition coefficient (Wildman–Crippen LogP) is -0.690. The minimum absolute atomic E-state index is 0. The van der Waals surface area contributed by atoms with Gasteiger partial charge in [0.25, 0.3) is 0 Å². The summed E-state index contributed by atoms with van der Waals surface area (Å²) in [4.78, 5) is 22.4. The lowest BCUT2D eigenvalue weighted by Gasteiger charge is -2.03. The Kier molecular flexibility index (Phi) is 5.87. The number of hydrogen-bond donors (Lipinski definition) is 1. The summed E-state index contributed by atoms with van der Waals surface area (Å²) in [5.74, 6) is 0.495. The van der Waals surface area contributed by atoms with E-state index in [4.69, 9.17) is 0 Å². The Bertz CT molecular complexity index is 198. The van der Waals surface area contributed by atoms with Gasteiger partial charge in [0.05, 0.1) is 0 Å². The molecular formula is C9H18N2O3. The van der Waals surface area contributed by atoms with Crippen LogP contribution in [0.3, 0.4) is 0 Å². The molecule has 2 aliphatic rings. The summed E-state index contributed by atoms with van der Waals surface area (Å²) in [6.45, 7) is 1.84. The molecule has 2 amide bonds. The lowest BCUT2D eigenvalue weighted by Crippen LogP contribution is -2.17. The van der Waals surface area contributed by atoms with Crippen LogP contribution in [0.1, 0.15) is 25.7 Å². The number of hydrogen-bond acceptors (Lipinski definition) is 2. The molecule has 0 aromatic heterocycles. The zero-order valence-electron chi connectivity index (χ0n) is 8.51. The van der Waals surface area contributed by atoms with E-state index in [0.717, 1.165) is 38.8 Å². The van der Waals surface area contributed by atoms with Crippen molar-refractivity contribution in [1.29, 1.82) is 0 Å². The van der Waals surface area contributed by atoms with Gasteiger partial charge in [0.1, 0.15) is 0 Å². The first kappa shape index (κ1) is 12.9. The quantitative estimate of drug-likeness (QED) is 0.564. The zero-order valence-corrected chi connectivity index (χ0v) is 8.51. The first-order chi connectivity index (χ1) is 6.20. The summed E-state index contributed by atoms with van der Waals surface area (Å²) in [5.41, 5.74) is 0. The molecule has 5 heteroatoms. The van der Waals surface area contributed by atoms with Crippen LogP contribution in [-0.2, 0) is 9.59 Å². The SMILES string of the molecule is CN1CCCC1=O.O.O=C1CCCN1. The van der Waals surface area contributed by atoms with E-state index in [1.165, 1.54) is 0 Å². The second-order valence-electron chi connectivity index (χ2n) is 3.37. The number of rotatable bonds is 0. The number of likely N-dealkylation sites (tertiary alicyclic amines) is 1. The largest absolute Gasteiger partial charge is 0.412 e. The molecule has 2 rings (SSSR count). The number of carbonyl (C=O) groups excluding carboxylic acids is 2. The van der Waals surface area contributed by atoms with Crippen LogP contribution in [-0.4, -0.2) is 42.3 Å². The highest BCUT2D eigenvalue weighted by Gasteiger charge is 2.14. The third kappa shape index (κ3) is 4.23. The normalized spacial score (nSPS) is 19.6. The molecule has 0 aromatic rings. The number of carbonyl (C=O) groups is 2. The molecule has 82 valence electrons. The Morgan fingerprint density at radius 2 is 1.93 bits per heavy atom. The molecule has 0 unspecified atom stereocenters. The van der Waals surface area contributed by atoms with Gasteiger partial charge in [-0.15, -0.1) is 0 Å². The summed E-state index contributed by atoms with van der Waals surface area (Å²) in [6.07, 6.45) is 3.57. The van der Waals surface area contributed by atoms with Crippen LogP contribution in [0, 0.1) is 0 Å². The van der Waals surface area contributed by atoms with E-state index in [0.29, 0.717) is 5.91 Å². The highest BCUT2D eigenvalue weighted by Crippen LogP contribution is 2.04. The van der Waals surface area contributed by atoms with Crippen molar-refractivity contribution in [2.75, 3.05) is 20.1 Å². The Balaban J connectivity index is 0.000000227. The van der Waals surface area contributed by atoms with Gasteiger partial charge in [-0.1, -0.05) is 0 Å². The van der Waals surface area contributed by atoms with Gasteiger partial charge in [-0.3, -0.25) is 9.59 Å². The van der Waals surface area contributed by atoms with Gasteiger partial charge >= 0.3 is 0 Å². The fraction of sp³-hybridized carbons (Fsp3) is 0.778. The topological polar surface area (TPSA) is 80.9 Å². The maximum absolute atomic E-state index is 10.5. The average molecular weight is 202 g/mol. The Morgan fingerprint density at radius 1 is 1.21 bits per heavy atom. The lowest BCUT2D eigenvalue weighted by molar-refractivity contribution is -0.126. The van der Waals surface area contributed by atoms with Gasteiger partial charge in [0.2, 0.25) is 11.8 Å². The maximum atomic E-state index is 10.5. The van der Waals surface area contributed by atoms with Crippen molar-refractivity contribution in [2.45, 2.75) is 25.7 Å². The van der Waals surface area contributed by atoms with Gasteiger partial charge in [-0.25, -0.2) is 0 Å². The Morgan fingerprint density at radius 3 is 2.07 bits per heavy atom. The van der Waals surface area contributed by atoms with Crippen molar-refractivity contribution < 1.29 is 15.1 Å². The standard InChI is InChI=1S/C5H9NO.C4H7NO.H2O/c1-6-4-2-3-5(6)7;6-4-2-1-3-5-4;/h2-4H2,1H3;1-3H2,(H,5,6);1H2.